The molecule has 0 spiro atoms. The summed E-state index contributed by atoms with van der Waals surface area (Å²) in [4.78, 5) is 17.6. The van der Waals surface area contributed by atoms with Gasteiger partial charge in [-0.3, -0.25) is 9.78 Å². The van der Waals surface area contributed by atoms with Crippen LogP contribution in [-0.2, 0) is 11.3 Å². The SMILES string of the molecule is CN(Cc1ccncc1)C(=O)CCNC(C)(C)C. The van der Waals surface area contributed by atoms with E-state index in [1.807, 2.05) is 19.2 Å². The average molecular weight is 249 g/mol. The highest BCUT2D eigenvalue weighted by atomic mass is 16.2. The Balaban J connectivity index is 2.34. The molecule has 1 aromatic heterocycles. The number of nitrogens with zero attached hydrogens (tertiary/aromatic N) is 2. The fraction of sp³-hybridized carbons (Fsp3) is 0.571. The van der Waals surface area contributed by atoms with Crippen LogP contribution in [0.25, 0.3) is 0 Å². The van der Waals surface area contributed by atoms with E-state index < -0.39 is 0 Å². The first-order valence-corrected chi connectivity index (χ1v) is 6.26. The zero-order valence-electron chi connectivity index (χ0n) is 11.7. The van der Waals surface area contributed by atoms with E-state index in [9.17, 15) is 4.79 Å². The second kappa shape index (κ2) is 6.50. The van der Waals surface area contributed by atoms with Crippen molar-refractivity contribution in [3.05, 3.63) is 30.1 Å². The highest BCUT2D eigenvalue weighted by molar-refractivity contribution is 5.76. The number of hydrogen-bond donors (Lipinski definition) is 1. The molecule has 0 aliphatic heterocycles. The second-order valence-corrected chi connectivity index (χ2v) is 5.53. The molecular weight excluding hydrogens is 226 g/mol. The summed E-state index contributed by atoms with van der Waals surface area (Å²) in [5, 5.41) is 3.31. The molecule has 1 heterocycles. The minimum atomic E-state index is 0.0595. The van der Waals surface area contributed by atoms with Crippen LogP contribution in [0.1, 0.15) is 32.8 Å². The first-order chi connectivity index (χ1) is 8.38. The van der Waals surface area contributed by atoms with Crippen LogP contribution in [0.15, 0.2) is 24.5 Å². The summed E-state index contributed by atoms with van der Waals surface area (Å²) in [7, 11) is 1.83. The van der Waals surface area contributed by atoms with Gasteiger partial charge in [-0.2, -0.15) is 0 Å². The van der Waals surface area contributed by atoms with Gasteiger partial charge in [-0.15, -0.1) is 0 Å². The largest absolute Gasteiger partial charge is 0.341 e. The molecule has 0 saturated heterocycles. The van der Waals surface area contributed by atoms with Gasteiger partial charge in [0.15, 0.2) is 0 Å². The Kier molecular flexibility index (Phi) is 5.28. The van der Waals surface area contributed by atoms with E-state index in [0.29, 0.717) is 19.5 Å². The Labute approximate surface area is 109 Å². The van der Waals surface area contributed by atoms with E-state index in [2.05, 4.69) is 31.1 Å². The molecule has 1 rings (SSSR count). The molecule has 4 nitrogen and oxygen atoms in total. The summed E-state index contributed by atoms with van der Waals surface area (Å²) in [6.07, 6.45) is 4.02. The number of hydrogen-bond acceptors (Lipinski definition) is 3. The van der Waals surface area contributed by atoms with Crippen molar-refractivity contribution in [2.75, 3.05) is 13.6 Å². The number of carbonyl (C=O) groups is 1. The predicted molar refractivity (Wildman–Crippen MR) is 73.1 cm³/mol. The van der Waals surface area contributed by atoms with Crippen LogP contribution in [-0.4, -0.2) is 34.9 Å². The number of pyridine rings is 1. The van der Waals surface area contributed by atoms with Crippen LogP contribution in [0.5, 0.6) is 0 Å². The van der Waals surface area contributed by atoms with E-state index in [1.165, 1.54) is 0 Å². The molecule has 0 saturated carbocycles. The Morgan fingerprint density at radius 1 is 1.33 bits per heavy atom. The first-order valence-electron chi connectivity index (χ1n) is 6.26. The fourth-order valence-corrected chi connectivity index (χ4v) is 1.59. The van der Waals surface area contributed by atoms with Crippen molar-refractivity contribution < 1.29 is 4.79 Å². The summed E-state index contributed by atoms with van der Waals surface area (Å²) in [6, 6.07) is 3.86. The van der Waals surface area contributed by atoms with Crippen molar-refractivity contribution in [3.8, 4) is 0 Å². The third-order valence-electron chi connectivity index (χ3n) is 2.59. The summed E-state index contributed by atoms with van der Waals surface area (Å²) >= 11 is 0. The van der Waals surface area contributed by atoms with Gasteiger partial charge in [0, 0.05) is 44.5 Å². The van der Waals surface area contributed by atoms with Crippen molar-refractivity contribution >= 4 is 5.91 Å². The standard InChI is InChI=1S/C14H23N3O/c1-14(2,3)16-10-7-13(18)17(4)11-12-5-8-15-9-6-12/h5-6,8-9,16H,7,10-11H2,1-4H3. The fourth-order valence-electron chi connectivity index (χ4n) is 1.59. The van der Waals surface area contributed by atoms with Gasteiger partial charge >= 0.3 is 0 Å². The van der Waals surface area contributed by atoms with Gasteiger partial charge in [0.25, 0.3) is 0 Å². The number of amides is 1. The van der Waals surface area contributed by atoms with Crippen LogP contribution in [0.2, 0.25) is 0 Å². The minimum Gasteiger partial charge on any atom is -0.341 e. The highest BCUT2D eigenvalue weighted by Gasteiger charge is 2.12. The smallest absolute Gasteiger partial charge is 0.223 e. The zero-order chi connectivity index (χ0) is 13.6. The number of aromatic nitrogens is 1. The monoisotopic (exact) mass is 249 g/mol. The molecule has 0 fully saturated rings. The molecule has 4 heteroatoms. The quantitative estimate of drug-likeness (QED) is 0.865. The third kappa shape index (κ3) is 5.77. The topological polar surface area (TPSA) is 45.2 Å². The molecular formula is C14H23N3O. The van der Waals surface area contributed by atoms with Crippen molar-refractivity contribution in [3.63, 3.8) is 0 Å². The second-order valence-electron chi connectivity index (χ2n) is 5.53. The Morgan fingerprint density at radius 2 is 1.94 bits per heavy atom. The summed E-state index contributed by atoms with van der Waals surface area (Å²) in [5.41, 5.74) is 1.16. The van der Waals surface area contributed by atoms with Crippen molar-refractivity contribution in [2.24, 2.45) is 0 Å². The molecule has 0 atom stereocenters. The van der Waals surface area contributed by atoms with Gasteiger partial charge in [0.2, 0.25) is 5.91 Å². The molecule has 0 aromatic carbocycles. The molecule has 1 amide bonds. The van der Waals surface area contributed by atoms with E-state index in [1.54, 1.807) is 17.3 Å². The molecule has 1 aromatic rings. The van der Waals surface area contributed by atoms with Crippen molar-refractivity contribution in [2.45, 2.75) is 39.3 Å². The lowest BCUT2D eigenvalue weighted by molar-refractivity contribution is -0.130. The van der Waals surface area contributed by atoms with Crippen molar-refractivity contribution in [1.29, 1.82) is 0 Å². The van der Waals surface area contributed by atoms with Crippen LogP contribution in [0, 0.1) is 0 Å². The predicted octanol–water partition coefficient (Wildman–Crippen LogP) is 1.82. The maximum atomic E-state index is 11.9. The van der Waals surface area contributed by atoms with Crippen LogP contribution in [0.4, 0.5) is 0 Å². The summed E-state index contributed by atoms with van der Waals surface area (Å²) < 4.78 is 0. The van der Waals surface area contributed by atoms with E-state index in [4.69, 9.17) is 0 Å². The Bertz CT molecular complexity index is 370. The third-order valence-corrected chi connectivity index (χ3v) is 2.59. The lowest BCUT2D eigenvalue weighted by atomic mass is 10.1. The Hall–Kier alpha value is -1.42. The van der Waals surface area contributed by atoms with Gasteiger partial charge in [-0.05, 0) is 38.5 Å². The normalized spacial score (nSPS) is 11.3. The van der Waals surface area contributed by atoms with Gasteiger partial charge in [0.1, 0.15) is 0 Å². The van der Waals surface area contributed by atoms with Gasteiger partial charge in [-0.25, -0.2) is 0 Å². The molecule has 0 aliphatic carbocycles. The van der Waals surface area contributed by atoms with Crippen molar-refractivity contribution in [1.82, 2.24) is 15.2 Å². The summed E-state index contributed by atoms with van der Waals surface area (Å²) in [5.74, 6) is 0.156. The molecule has 0 unspecified atom stereocenters. The van der Waals surface area contributed by atoms with Crippen LogP contribution >= 0.6 is 0 Å². The van der Waals surface area contributed by atoms with Crippen LogP contribution < -0.4 is 5.32 Å². The summed E-state index contributed by atoms with van der Waals surface area (Å²) in [6.45, 7) is 7.63. The molecule has 18 heavy (non-hydrogen) atoms. The molecule has 100 valence electrons. The molecule has 1 N–H and O–H groups in total. The maximum Gasteiger partial charge on any atom is 0.223 e. The minimum absolute atomic E-state index is 0.0595. The average Bonchev–Trinajstić information content (AvgIpc) is 2.28. The van der Waals surface area contributed by atoms with Gasteiger partial charge < -0.3 is 10.2 Å². The molecule has 0 radical (unpaired) electrons. The maximum absolute atomic E-state index is 11.9. The number of carbonyl (C=O) groups excluding carboxylic acids is 1. The van der Waals surface area contributed by atoms with Crippen LogP contribution in [0.3, 0.4) is 0 Å². The lowest BCUT2D eigenvalue weighted by Gasteiger charge is -2.22. The van der Waals surface area contributed by atoms with E-state index in [0.717, 1.165) is 5.56 Å². The number of rotatable bonds is 5. The number of nitrogens with one attached hydrogen (secondary N) is 1. The molecule has 0 aliphatic rings. The van der Waals surface area contributed by atoms with Gasteiger partial charge in [-0.1, -0.05) is 0 Å². The first kappa shape index (κ1) is 14.6. The lowest BCUT2D eigenvalue weighted by Crippen LogP contribution is -2.38. The highest BCUT2D eigenvalue weighted by Crippen LogP contribution is 2.03. The van der Waals surface area contributed by atoms with E-state index >= 15 is 0 Å². The zero-order valence-corrected chi connectivity index (χ0v) is 11.7. The molecule has 0 bridgehead atoms. The van der Waals surface area contributed by atoms with Gasteiger partial charge in [0.05, 0.1) is 0 Å². The van der Waals surface area contributed by atoms with E-state index in [-0.39, 0.29) is 11.4 Å². The Morgan fingerprint density at radius 3 is 2.50 bits per heavy atom.